The van der Waals surface area contributed by atoms with Gasteiger partial charge in [-0.25, -0.2) is 4.98 Å². The van der Waals surface area contributed by atoms with Gasteiger partial charge < -0.3 is 9.88 Å². The van der Waals surface area contributed by atoms with Crippen LogP contribution in [-0.4, -0.2) is 22.0 Å². The summed E-state index contributed by atoms with van der Waals surface area (Å²) >= 11 is 5.94. The third-order valence-electron chi connectivity index (χ3n) is 5.17. The standard InChI is InChI=1S/C24H30ClN3O/c1-2-3-9-17-28-22-14-7-6-13-21(22)27-23(28)15-5-4-8-16-26-24(29)19-11-10-12-20(25)18-19/h6-7,10-14,18H,2-5,8-9,15-17H2,1H3,(H,26,29). The number of rotatable bonds is 11. The minimum Gasteiger partial charge on any atom is -0.352 e. The van der Waals surface area contributed by atoms with Gasteiger partial charge in [-0.1, -0.05) is 56.0 Å². The number of hydrogen-bond donors (Lipinski definition) is 1. The lowest BCUT2D eigenvalue weighted by molar-refractivity contribution is 0.0953. The molecule has 1 heterocycles. The fourth-order valence-corrected chi connectivity index (χ4v) is 3.79. The molecule has 5 heteroatoms. The first-order valence-corrected chi connectivity index (χ1v) is 11.0. The first-order valence-electron chi connectivity index (χ1n) is 10.7. The summed E-state index contributed by atoms with van der Waals surface area (Å²) in [6, 6.07) is 15.5. The fraction of sp³-hybridized carbons (Fsp3) is 0.417. The molecule has 29 heavy (non-hydrogen) atoms. The number of unbranched alkanes of at least 4 members (excludes halogenated alkanes) is 4. The molecule has 0 saturated heterocycles. The Balaban J connectivity index is 1.46. The van der Waals surface area contributed by atoms with Crippen molar-refractivity contribution < 1.29 is 4.79 Å². The molecule has 4 nitrogen and oxygen atoms in total. The van der Waals surface area contributed by atoms with E-state index in [4.69, 9.17) is 16.6 Å². The van der Waals surface area contributed by atoms with Gasteiger partial charge in [0.1, 0.15) is 5.82 Å². The number of hydrogen-bond acceptors (Lipinski definition) is 2. The molecule has 0 saturated carbocycles. The van der Waals surface area contributed by atoms with Crippen molar-refractivity contribution in [3.63, 3.8) is 0 Å². The maximum atomic E-state index is 12.1. The lowest BCUT2D eigenvalue weighted by Gasteiger charge is -2.09. The number of carbonyl (C=O) groups is 1. The smallest absolute Gasteiger partial charge is 0.251 e. The highest BCUT2D eigenvalue weighted by molar-refractivity contribution is 6.30. The summed E-state index contributed by atoms with van der Waals surface area (Å²) < 4.78 is 2.39. The second-order valence-corrected chi connectivity index (χ2v) is 7.89. The number of fused-ring (bicyclic) bond motifs is 1. The van der Waals surface area contributed by atoms with Crippen molar-refractivity contribution in [3.8, 4) is 0 Å². The Morgan fingerprint density at radius 2 is 1.90 bits per heavy atom. The Morgan fingerprint density at radius 3 is 2.72 bits per heavy atom. The van der Waals surface area contributed by atoms with Gasteiger partial charge >= 0.3 is 0 Å². The number of halogens is 1. The van der Waals surface area contributed by atoms with Gasteiger partial charge in [0.25, 0.3) is 5.91 Å². The number of carbonyl (C=O) groups excluding carboxylic acids is 1. The Bertz CT molecular complexity index is 935. The van der Waals surface area contributed by atoms with Crippen LogP contribution in [0.25, 0.3) is 11.0 Å². The van der Waals surface area contributed by atoms with Crippen molar-refractivity contribution in [2.45, 2.75) is 58.4 Å². The van der Waals surface area contributed by atoms with Crippen molar-refractivity contribution in [1.82, 2.24) is 14.9 Å². The zero-order valence-corrected chi connectivity index (χ0v) is 17.9. The summed E-state index contributed by atoms with van der Waals surface area (Å²) in [6.07, 6.45) is 7.74. The van der Waals surface area contributed by atoms with Crippen LogP contribution in [-0.2, 0) is 13.0 Å². The zero-order valence-electron chi connectivity index (χ0n) is 17.2. The molecule has 0 unspecified atom stereocenters. The average molecular weight is 412 g/mol. The Kier molecular flexibility index (Phi) is 8.12. The fourth-order valence-electron chi connectivity index (χ4n) is 3.60. The molecule has 1 aromatic heterocycles. The second-order valence-electron chi connectivity index (χ2n) is 7.45. The van der Waals surface area contributed by atoms with E-state index in [1.54, 1.807) is 24.3 Å². The SMILES string of the molecule is CCCCCn1c(CCCCCNC(=O)c2cccc(Cl)c2)nc2ccccc21. The van der Waals surface area contributed by atoms with E-state index in [2.05, 4.69) is 41.1 Å². The van der Waals surface area contributed by atoms with Crippen LogP contribution in [0.4, 0.5) is 0 Å². The third-order valence-corrected chi connectivity index (χ3v) is 5.40. The van der Waals surface area contributed by atoms with E-state index in [1.807, 2.05) is 0 Å². The summed E-state index contributed by atoms with van der Waals surface area (Å²) in [7, 11) is 0. The van der Waals surface area contributed by atoms with Crippen LogP contribution in [0.2, 0.25) is 5.02 Å². The number of para-hydroxylation sites is 2. The number of aromatic nitrogens is 2. The molecule has 1 amide bonds. The maximum Gasteiger partial charge on any atom is 0.251 e. The predicted molar refractivity (Wildman–Crippen MR) is 121 cm³/mol. The van der Waals surface area contributed by atoms with E-state index in [0.29, 0.717) is 17.1 Å². The minimum atomic E-state index is -0.0646. The van der Waals surface area contributed by atoms with Crippen LogP contribution in [0.15, 0.2) is 48.5 Å². The molecular formula is C24H30ClN3O. The van der Waals surface area contributed by atoms with E-state index in [0.717, 1.165) is 37.7 Å². The number of amides is 1. The molecule has 0 spiro atoms. The van der Waals surface area contributed by atoms with Crippen LogP contribution >= 0.6 is 11.6 Å². The molecule has 0 radical (unpaired) electrons. The summed E-state index contributed by atoms with van der Waals surface area (Å²) in [5.74, 6) is 1.12. The van der Waals surface area contributed by atoms with Crippen molar-refractivity contribution >= 4 is 28.5 Å². The predicted octanol–water partition coefficient (Wildman–Crippen LogP) is 6.02. The largest absolute Gasteiger partial charge is 0.352 e. The number of aryl methyl sites for hydroxylation is 2. The number of imidazole rings is 1. The Morgan fingerprint density at radius 1 is 1.03 bits per heavy atom. The van der Waals surface area contributed by atoms with Gasteiger partial charge in [-0.3, -0.25) is 4.79 Å². The summed E-state index contributed by atoms with van der Waals surface area (Å²) in [5, 5.41) is 3.56. The monoisotopic (exact) mass is 411 g/mol. The van der Waals surface area contributed by atoms with Crippen molar-refractivity contribution in [2.24, 2.45) is 0 Å². The number of nitrogens with one attached hydrogen (secondary N) is 1. The highest BCUT2D eigenvalue weighted by Crippen LogP contribution is 2.19. The molecule has 0 aliphatic carbocycles. The van der Waals surface area contributed by atoms with Gasteiger partial charge in [0, 0.05) is 30.1 Å². The normalized spacial score (nSPS) is 11.1. The molecule has 3 aromatic rings. The van der Waals surface area contributed by atoms with E-state index in [1.165, 1.54) is 30.6 Å². The van der Waals surface area contributed by atoms with E-state index in [-0.39, 0.29) is 5.91 Å². The molecule has 1 N–H and O–H groups in total. The van der Waals surface area contributed by atoms with Gasteiger partial charge in [0.15, 0.2) is 0 Å². The van der Waals surface area contributed by atoms with Gasteiger partial charge in [0.2, 0.25) is 0 Å². The molecular weight excluding hydrogens is 382 g/mol. The lowest BCUT2D eigenvalue weighted by Crippen LogP contribution is -2.24. The first-order chi connectivity index (χ1) is 14.2. The molecule has 0 aliphatic rings. The molecule has 0 fully saturated rings. The summed E-state index contributed by atoms with van der Waals surface area (Å²) in [5.41, 5.74) is 2.94. The molecule has 0 aliphatic heterocycles. The lowest BCUT2D eigenvalue weighted by atomic mass is 10.1. The summed E-state index contributed by atoms with van der Waals surface area (Å²) in [6.45, 7) is 3.95. The molecule has 154 valence electrons. The van der Waals surface area contributed by atoms with Crippen LogP contribution < -0.4 is 5.32 Å². The molecule has 0 bridgehead atoms. The summed E-state index contributed by atoms with van der Waals surface area (Å²) in [4.78, 5) is 17.0. The van der Waals surface area contributed by atoms with Crippen LogP contribution in [0.3, 0.4) is 0 Å². The average Bonchev–Trinajstić information content (AvgIpc) is 3.08. The van der Waals surface area contributed by atoms with Crippen molar-refractivity contribution in [3.05, 3.63) is 64.9 Å². The highest BCUT2D eigenvalue weighted by Gasteiger charge is 2.10. The molecule has 3 rings (SSSR count). The first kappa shape index (κ1) is 21.4. The van der Waals surface area contributed by atoms with E-state index < -0.39 is 0 Å². The van der Waals surface area contributed by atoms with Crippen molar-refractivity contribution in [1.29, 1.82) is 0 Å². The Labute approximate surface area is 178 Å². The van der Waals surface area contributed by atoms with Gasteiger partial charge in [-0.05, 0) is 49.6 Å². The number of nitrogens with zero attached hydrogens (tertiary/aromatic N) is 2. The maximum absolute atomic E-state index is 12.1. The molecule has 0 atom stereocenters. The second kappa shape index (κ2) is 11.0. The van der Waals surface area contributed by atoms with E-state index >= 15 is 0 Å². The van der Waals surface area contributed by atoms with Crippen LogP contribution in [0.1, 0.15) is 61.6 Å². The van der Waals surface area contributed by atoms with Crippen molar-refractivity contribution in [2.75, 3.05) is 6.54 Å². The molecule has 2 aromatic carbocycles. The van der Waals surface area contributed by atoms with Gasteiger partial charge in [0.05, 0.1) is 11.0 Å². The highest BCUT2D eigenvalue weighted by atomic mass is 35.5. The topological polar surface area (TPSA) is 46.9 Å². The minimum absolute atomic E-state index is 0.0646. The number of benzene rings is 2. The van der Waals surface area contributed by atoms with Gasteiger partial charge in [-0.2, -0.15) is 0 Å². The van der Waals surface area contributed by atoms with Crippen LogP contribution in [0.5, 0.6) is 0 Å². The van der Waals surface area contributed by atoms with E-state index in [9.17, 15) is 4.79 Å². The Hall–Kier alpha value is -2.33. The van der Waals surface area contributed by atoms with Crippen LogP contribution in [0, 0.1) is 0 Å². The zero-order chi connectivity index (χ0) is 20.5. The quantitative estimate of drug-likeness (QED) is 0.392. The third kappa shape index (κ3) is 6.07. The van der Waals surface area contributed by atoms with Gasteiger partial charge in [-0.15, -0.1) is 0 Å².